The monoisotopic (exact) mass is 536 g/mol. The van der Waals surface area contributed by atoms with Crippen LogP contribution in [0.3, 0.4) is 0 Å². The summed E-state index contributed by atoms with van der Waals surface area (Å²) in [6.45, 7) is 4.14. The van der Waals surface area contributed by atoms with Crippen molar-refractivity contribution < 1.29 is 61.1 Å². The Bertz CT molecular complexity index is 1030. The van der Waals surface area contributed by atoms with Crippen LogP contribution in [0, 0.1) is 11.6 Å². The third-order valence-electron chi connectivity index (χ3n) is 5.01. The fraction of sp³-hybridized carbons (Fsp3) is 0.545. The van der Waals surface area contributed by atoms with Crippen molar-refractivity contribution in [1.82, 2.24) is 0 Å². The molecule has 14 heteroatoms. The molecule has 1 aliphatic rings. The van der Waals surface area contributed by atoms with Gasteiger partial charge >= 0.3 is 23.9 Å². The van der Waals surface area contributed by atoms with Crippen LogP contribution in [0.4, 0.5) is 8.78 Å². The maximum Gasteiger partial charge on any atom is 0.305 e. The lowest BCUT2D eigenvalue weighted by Crippen LogP contribution is -2.62. The number of esters is 4. The van der Waals surface area contributed by atoms with Crippen LogP contribution in [0.2, 0.25) is 0 Å². The van der Waals surface area contributed by atoms with Gasteiger partial charge in [-0.3, -0.25) is 23.7 Å². The van der Waals surface area contributed by atoms with E-state index < -0.39 is 91.5 Å². The zero-order chi connectivity index (χ0) is 27.2. The fourth-order valence-corrected chi connectivity index (χ4v) is 5.30. The van der Waals surface area contributed by atoms with Gasteiger partial charge in [0.1, 0.15) is 17.7 Å². The van der Waals surface area contributed by atoms with E-state index in [9.17, 15) is 37.4 Å². The molecular formula is C22H27F2O11P. The Balaban J connectivity index is 2.36. The molecule has 36 heavy (non-hydrogen) atoms. The number of carbonyl (C=O) groups excluding carboxylic acids is 4. The molecule has 11 nitrogen and oxygen atoms in total. The molecule has 1 aromatic rings. The third-order valence-corrected chi connectivity index (χ3v) is 6.78. The smallest absolute Gasteiger partial charge is 0.305 e. The molecular weight excluding hydrogens is 509 g/mol. The predicted octanol–water partition coefficient (Wildman–Crippen LogP) is 2.21. The predicted molar refractivity (Wildman–Crippen MR) is 116 cm³/mol. The van der Waals surface area contributed by atoms with E-state index in [0.29, 0.717) is 0 Å². The van der Waals surface area contributed by atoms with Crippen molar-refractivity contribution in [3.63, 3.8) is 0 Å². The Morgan fingerprint density at radius 3 is 1.83 bits per heavy atom. The Hall–Kier alpha value is -2.89. The van der Waals surface area contributed by atoms with E-state index in [1.165, 1.54) is 0 Å². The largest absolute Gasteiger partial charge is 0.456 e. The van der Waals surface area contributed by atoms with Crippen LogP contribution in [-0.4, -0.2) is 65.6 Å². The van der Waals surface area contributed by atoms with Gasteiger partial charge in [0.15, 0.2) is 12.2 Å². The summed E-state index contributed by atoms with van der Waals surface area (Å²) < 4.78 is 67.1. The first-order chi connectivity index (χ1) is 16.7. The van der Waals surface area contributed by atoms with Crippen molar-refractivity contribution in [2.24, 2.45) is 0 Å². The Labute approximate surface area is 205 Å². The van der Waals surface area contributed by atoms with Crippen LogP contribution in [0.25, 0.3) is 0 Å². The molecule has 1 aromatic carbocycles. The van der Waals surface area contributed by atoms with E-state index >= 15 is 0 Å². The molecule has 1 fully saturated rings. The first-order valence-electron chi connectivity index (χ1n) is 10.8. The number of halogens is 2. The average molecular weight is 536 g/mol. The van der Waals surface area contributed by atoms with Crippen LogP contribution in [0.1, 0.15) is 39.7 Å². The van der Waals surface area contributed by atoms with Crippen molar-refractivity contribution in [3.05, 3.63) is 35.4 Å². The highest BCUT2D eigenvalue weighted by atomic mass is 31.2. The van der Waals surface area contributed by atoms with Gasteiger partial charge in [-0.1, -0.05) is 6.07 Å². The minimum Gasteiger partial charge on any atom is -0.456 e. The summed E-state index contributed by atoms with van der Waals surface area (Å²) in [7, 11) is -4.23. The SMILES string of the molecule is CC(=O)O[C@H]1O[C@H](CCP(=O)(O)Cc2c(F)cccc2F)[C@@H](OC(C)=O)[C@H](OC(C)=O)[C@@H]1OC(C)=O. The second kappa shape index (κ2) is 12.4. The van der Waals surface area contributed by atoms with Crippen molar-refractivity contribution >= 4 is 31.2 Å². The quantitative estimate of drug-likeness (QED) is 0.281. The molecule has 0 spiro atoms. The highest BCUT2D eigenvalue weighted by Gasteiger charge is 2.53. The number of hydrogen-bond acceptors (Lipinski definition) is 10. The van der Waals surface area contributed by atoms with Crippen molar-refractivity contribution in [1.29, 1.82) is 0 Å². The number of carbonyl (C=O) groups is 4. The van der Waals surface area contributed by atoms with Crippen LogP contribution in [0.15, 0.2) is 18.2 Å². The van der Waals surface area contributed by atoms with Crippen LogP contribution < -0.4 is 0 Å². The molecule has 0 aromatic heterocycles. The summed E-state index contributed by atoms with van der Waals surface area (Å²) in [5, 5.41) is 0. The van der Waals surface area contributed by atoms with Gasteiger partial charge in [0, 0.05) is 39.4 Å². The summed E-state index contributed by atoms with van der Waals surface area (Å²) in [6.07, 6.45) is -9.19. The van der Waals surface area contributed by atoms with Gasteiger partial charge in [-0.25, -0.2) is 8.78 Å². The molecule has 200 valence electrons. The molecule has 1 aliphatic heterocycles. The highest BCUT2D eigenvalue weighted by Crippen LogP contribution is 2.47. The van der Waals surface area contributed by atoms with Gasteiger partial charge in [0.25, 0.3) is 0 Å². The Morgan fingerprint density at radius 2 is 1.33 bits per heavy atom. The first-order valence-corrected chi connectivity index (χ1v) is 12.8. The van der Waals surface area contributed by atoms with Gasteiger partial charge in [-0.2, -0.15) is 0 Å². The molecule has 1 heterocycles. The Kier molecular flexibility index (Phi) is 10.1. The van der Waals surface area contributed by atoms with Gasteiger partial charge in [0.05, 0.1) is 6.16 Å². The summed E-state index contributed by atoms with van der Waals surface area (Å²) in [5.74, 6) is -5.41. The van der Waals surface area contributed by atoms with Crippen LogP contribution >= 0.6 is 7.37 Å². The molecule has 6 atom stereocenters. The van der Waals surface area contributed by atoms with Crippen molar-refractivity contribution in [2.45, 2.75) is 71.0 Å². The Morgan fingerprint density at radius 1 is 0.861 bits per heavy atom. The molecule has 1 N–H and O–H groups in total. The van der Waals surface area contributed by atoms with E-state index in [-0.39, 0.29) is 6.42 Å². The molecule has 1 saturated heterocycles. The molecule has 2 rings (SSSR count). The first kappa shape index (κ1) is 29.3. The van der Waals surface area contributed by atoms with Crippen LogP contribution in [0.5, 0.6) is 0 Å². The maximum absolute atomic E-state index is 14.0. The molecule has 0 radical (unpaired) electrons. The summed E-state index contributed by atoms with van der Waals surface area (Å²) >= 11 is 0. The van der Waals surface area contributed by atoms with Crippen molar-refractivity contribution in [3.8, 4) is 0 Å². The average Bonchev–Trinajstić information content (AvgIpc) is 2.72. The van der Waals surface area contributed by atoms with E-state index in [1.54, 1.807) is 0 Å². The fourth-order valence-electron chi connectivity index (χ4n) is 3.68. The molecule has 0 bridgehead atoms. The highest BCUT2D eigenvalue weighted by molar-refractivity contribution is 7.57. The number of benzene rings is 1. The summed E-state index contributed by atoms with van der Waals surface area (Å²) in [5.41, 5.74) is -0.574. The minimum atomic E-state index is -4.23. The van der Waals surface area contributed by atoms with Gasteiger partial charge in [-0.05, 0) is 18.6 Å². The second-order valence-corrected chi connectivity index (χ2v) is 10.5. The van der Waals surface area contributed by atoms with Crippen molar-refractivity contribution in [2.75, 3.05) is 6.16 Å². The normalized spacial score (nSPS) is 25.2. The number of hydrogen-bond donors (Lipinski definition) is 1. The second-order valence-electron chi connectivity index (χ2n) is 8.09. The van der Waals surface area contributed by atoms with Gasteiger partial charge in [-0.15, -0.1) is 0 Å². The zero-order valence-electron chi connectivity index (χ0n) is 20.0. The van der Waals surface area contributed by atoms with E-state index in [2.05, 4.69) is 0 Å². The standard InChI is InChI=1S/C22H27F2O11P/c1-11(25)31-19-18(8-9-36(29,30)10-15-16(23)6-5-7-17(15)24)35-22(34-14(4)28)21(33-13(3)27)20(19)32-12(2)26/h5-7,18-22H,8-10H2,1-4H3,(H,29,30)/t18-,19-,20+,21+,22+/m1/s1. The minimum absolute atomic E-state index is 0.357. The van der Waals surface area contributed by atoms with Gasteiger partial charge in [0.2, 0.25) is 19.8 Å². The lowest BCUT2D eigenvalue weighted by atomic mass is 9.96. The zero-order valence-corrected chi connectivity index (χ0v) is 20.9. The lowest BCUT2D eigenvalue weighted by Gasteiger charge is -2.44. The van der Waals surface area contributed by atoms with E-state index in [1.807, 2.05) is 0 Å². The molecule has 0 amide bonds. The number of ether oxygens (including phenoxy) is 5. The maximum atomic E-state index is 14.0. The third kappa shape index (κ3) is 8.35. The lowest BCUT2D eigenvalue weighted by molar-refractivity contribution is -0.296. The summed E-state index contributed by atoms with van der Waals surface area (Å²) in [4.78, 5) is 57.3. The van der Waals surface area contributed by atoms with E-state index in [0.717, 1.165) is 45.9 Å². The molecule has 1 unspecified atom stereocenters. The molecule has 0 saturated carbocycles. The van der Waals surface area contributed by atoms with E-state index in [4.69, 9.17) is 23.7 Å². The number of rotatable bonds is 9. The topological polar surface area (TPSA) is 152 Å². The van der Waals surface area contributed by atoms with Crippen LogP contribution in [-0.2, 0) is 53.6 Å². The molecule has 0 aliphatic carbocycles. The summed E-state index contributed by atoms with van der Waals surface area (Å²) in [6, 6.07) is 3.00. The van der Waals surface area contributed by atoms with Gasteiger partial charge < -0.3 is 28.6 Å².